The van der Waals surface area contributed by atoms with Gasteiger partial charge in [0.25, 0.3) is 0 Å². The van der Waals surface area contributed by atoms with E-state index in [4.69, 9.17) is 4.74 Å². The van der Waals surface area contributed by atoms with Crippen LogP contribution in [0.4, 0.5) is 0 Å². The van der Waals surface area contributed by atoms with Gasteiger partial charge in [-0.1, -0.05) is 26.0 Å². The highest BCUT2D eigenvalue weighted by Gasteiger charge is 2.26. The minimum Gasteiger partial charge on any atom is -0.496 e. The van der Waals surface area contributed by atoms with Crippen LogP contribution in [0.1, 0.15) is 30.5 Å². The summed E-state index contributed by atoms with van der Waals surface area (Å²) in [6.07, 6.45) is 0. The standard InChI is InChI=1S/C13H20O2/c1-9-6-7-10(2)12(15-5)11(9)13(3,4)8-14/h6-7,14H,8H2,1-5H3. The van der Waals surface area contributed by atoms with Crippen LogP contribution >= 0.6 is 0 Å². The molecule has 0 saturated carbocycles. The van der Waals surface area contributed by atoms with Crippen molar-refractivity contribution in [3.05, 3.63) is 28.8 Å². The first-order chi connectivity index (χ1) is 6.94. The Kier molecular flexibility index (Phi) is 3.40. The van der Waals surface area contributed by atoms with E-state index in [1.165, 1.54) is 0 Å². The molecule has 0 aliphatic rings. The van der Waals surface area contributed by atoms with Gasteiger partial charge in [0.1, 0.15) is 5.75 Å². The van der Waals surface area contributed by atoms with Crippen molar-refractivity contribution < 1.29 is 9.84 Å². The Morgan fingerprint density at radius 1 is 1.20 bits per heavy atom. The zero-order chi connectivity index (χ0) is 11.6. The van der Waals surface area contributed by atoms with Crippen LogP contribution in [0, 0.1) is 13.8 Å². The van der Waals surface area contributed by atoms with E-state index in [9.17, 15) is 5.11 Å². The molecule has 0 bridgehead atoms. The lowest BCUT2D eigenvalue weighted by atomic mass is 9.81. The average Bonchev–Trinajstić information content (AvgIpc) is 2.20. The number of methoxy groups -OCH3 is 1. The Morgan fingerprint density at radius 2 is 1.73 bits per heavy atom. The van der Waals surface area contributed by atoms with Crippen molar-refractivity contribution >= 4 is 0 Å². The third-order valence-corrected chi connectivity index (χ3v) is 2.84. The molecule has 15 heavy (non-hydrogen) atoms. The predicted octanol–water partition coefficient (Wildman–Crippen LogP) is 2.58. The highest BCUT2D eigenvalue weighted by Crippen LogP contribution is 2.36. The van der Waals surface area contributed by atoms with E-state index in [1.54, 1.807) is 7.11 Å². The minimum atomic E-state index is -0.262. The summed E-state index contributed by atoms with van der Waals surface area (Å²) < 4.78 is 5.43. The molecule has 0 unspecified atom stereocenters. The van der Waals surface area contributed by atoms with Gasteiger partial charge in [-0.3, -0.25) is 0 Å². The number of hydrogen-bond donors (Lipinski definition) is 1. The van der Waals surface area contributed by atoms with Gasteiger partial charge in [-0.25, -0.2) is 0 Å². The number of ether oxygens (including phenoxy) is 1. The molecule has 0 spiro atoms. The monoisotopic (exact) mass is 208 g/mol. The maximum Gasteiger partial charge on any atom is 0.125 e. The molecule has 0 atom stereocenters. The Hall–Kier alpha value is -1.02. The Labute approximate surface area is 91.9 Å². The van der Waals surface area contributed by atoms with Crippen LogP contribution in [0.25, 0.3) is 0 Å². The lowest BCUT2D eigenvalue weighted by Gasteiger charge is -2.27. The molecule has 0 radical (unpaired) electrons. The normalized spacial score (nSPS) is 11.6. The largest absolute Gasteiger partial charge is 0.496 e. The summed E-state index contributed by atoms with van der Waals surface area (Å²) >= 11 is 0. The van der Waals surface area contributed by atoms with E-state index in [2.05, 4.69) is 13.0 Å². The van der Waals surface area contributed by atoms with Gasteiger partial charge < -0.3 is 9.84 Å². The molecule has 0 aromatic heterocycles. The van der Waals surface area contributed by atoms with E-state index >= 15 is 0 Å². The van der Waals surface area contributed by atoms with Crippen molar-refractivity contribution in [2.75, 3.05) is 13.7 Å². The fraction of sp³-hybridized carbons (Fsp3) is 0.538. The summed E-state index contributed by atoms with van der Waals surface area (Å²) in [5.74, 6) is 0.897. The predicted molar refractivity (Wildman–Crippen MR) is 62.6 cm³/mol. The molecule has 1 aromatic carbocycles. The zero-order valence-corrected chi connectivity index (χ0v) is 10.2. The molecule has 1 aromatic rings. The smallest absolute Gasteiger partial charge is 0.125 e. The van der Waals surface area contributed by atoms with E-state index < -0.39 is 0 Å². The molecule has 0 aliphatic carbocycles. The van der Waals surface area contributed by atoms with Crippen molar-refractivity contribution in [3.8, 4) is 5.75 Å². The SMILES string of the molecule is COc1c(C)ccc(C)c1C(C)(C)CO. The highest BCUT2D eigenvalue weighted by molar-refractivity contribution is 5.49. The van der Waals surface area contributed by atoms with Crippen LogP contribution in [0.3, 0.4) is 0 Å². The minimum absolute atomic E-state index is 0.119. The summed E-state index contributed by atoms with van der Waals surface area (Å²) in [7, 11) is 1.68. The summed E-state index contributed by atoms with van der Waals surface area (Å²) in [5.41, 5.74) is 3.12. The van der Waals surface area contributed by atoms with Crippen LogP contribution in [0.2, 0.25) is 0 Å². The molecule has 2 heteroatoms. The van der Waals surface area contributed by atoms with E-state index in [-0.39, 0.29) is 12.0 Å². The summed E-state index contributed by atoms with van der Waals surface area (Å²) in [5, 5.41) is 9.43. The van der Waals surface area contributed by atoms with Gasteiger partial charge >= 0.3 is 0 Å². The fourth-order valence-electron chi connectivity index (χ4n) is 1.97. The number of aliphatic hydroxyl groups is 1. The Bertz CT molecular complexity index is 354. The van der Waals surface area contributed by atoms with Crippen LogP contribution in [0.15, 0.2) is 12.1 Å². The lowest BCUT2D eigenvalue weighted by Crippen LogP contribution is -2.24. The first kappa shape index (κ1) is 12.1. The number of rotatable bonds is 3. The molecular formula is C13H20O2. The molecule has 0 saturated heterocycles. The third kappa shape index (κ3) is 2.15. The molecule has 0 aliphatic heterocycles. The van der Waals surface area contributed by atoms with Gasteiger partial charge in [-0.15, -0.1) is 0 Å². The summed E-state index contributed by atoms with van der Waals surface area (Å²) in [6.45, 7) is 8.24. The van der Waals surface area contributed by atoms with Crippen molar-refractivity contribution in [3.63, 3.8) is 0 Å². The third-order valence-electron chi connectivity index (χ3n) is 2.84. The van der Waals surface area contributed by atoms with Crippen LogP contribution in [-0.4, -0.2) is 18.8 Å². The van der Waals surface area contributed by atoms with Crippen LogP contribution in [0.5, 0.6) is 5.75 Å². The lowest BCUT2D eigenvalue weighted by molar-refractivity contribution is 0.214. The maximum absolute atomic E-state index is 9.43. The van der Waals surface area contributed by atoms with Gasteiger partial charge in [0.2, 0.25) is 0 Å². The van der Waals surface area contributed by atoms with Gasteiger partial charge in [-0.2, -0.15) is 0 Å². The number of benzene rings is 1. The highest BCUT2D eigenvalue weighted by atomic mass is 16.5. The Balaban J connectivity index is 3.44. The zero-order valence-electron chi connectivity index (χ0n) is 10.2. The number of aliphatic hydroxyl groups excluding tert-OH is 1. The van der Waals surface area contributed by atoms with Crippen molar-refractivity contribution in [2.24, 2.45) is 0 Å². The second-order valence-electron chi connectivity index (χ2n) is 4.65. The van der Waals surface area contributed by atoms with E-state index in [0.717, 1.165) is 22.4 Å². The van der Waals surface area contributed by atoms with E-state index in [0.29, 0.717) is 0 Å². The summed E-state index contributed by atoms with van der Waals surface area (Å²) in [4.78, 5) is 0. The molecule has 2 nitrogen and oxygen atoms in total. The maximum atomic E-state index is 9.43. The molecule has 1 rings (SSSR count). The van der Waals surface area contributed by atoms with Crippen molar-refractivity contribution in [2.45, 2.75) is 33.1 Å². The number of aryl methyl sites for hydroxylation is 2. The molecule has 1 N–H and O–H groups in total. The molecule has 84 valence electrons. The van der Waals surface area contributed by atoms with Crippen molar-refractivity contribution in [1.29, 1.82) is 0 Å². The summed E-state index contributed by atoms with van der Waals surface area (Å²) in [6, 6.07) is 4.12. The Morgan fingerprint density at radius 3 is 2.20 bits per heavy atom. The number of hydrogen-bond acceptors (Lipinski definition) is 2. The van der Waals surface area contributed by atoms with Crippen molar-refractivity contribution in [1.82, 2.24) is 0 Å². The molecule has 0 heterocycles. The van der Waals surface area contributed by atoms with Crippen LogP contribution < -0.4 is 4.74 Å². The molecule has 0 fully saturated rings. The molecule has 0 amide bonds. The average molecular weight is 208 g/mol. The molecular weight excluding hydrogens is 188 g/mol. The quantitative estimate of drug-likeness (QED) is 0.827. The van der Waals surface area contributed by atoms with E-state index in [1.807, 2.05) is 26.8 Å². The first-order valence-corrected chi connectivity index (χ1v) is 5.19. The van der Waals surface area contributed by atoms with Gasteiger partial charge in [0, 0.05) is 11.0 Å². The fourth-order valence-corrected chi connectivity index (χ4v) is 1.97. The van der Waals surface area contributed by atoms with Gasteiger partial charge in [0.05, 0.1) is 13.7 Å². The van der Waals surface area contributed by atoms with Gasteiger partial charge in [0.15, 0.2) is 0 Å². The second-order valence-corrected chi connectivity index (χ2v) is 4.65. The van der Waals surface area contributed by atoms with Gasteiger partial charge in [-0.05, 0) is 25.0 Å². The second kappa shape index (κ2) is 4.23. The van der Waals surface area contributed by atoms with Crippen LogP contribution in [-0.2, 0) is 5.41 Å². The first-order valence-electron chi connectivity index (χ1n) is 5.19. The topological polar surface area (TPSA) is 29.5 Å².